The number of nitrogens with zero attached hydrogens (tertiary/aromatic N) is 4. The van der Waals surface area contributed by atoms with Crippen LogP contribution >= 0.6 is 0 Å². The van der Waals surface area contributed by atoms with Crippen molar-refractivity contribution in [3.05, 3.63) is 58.7 Å². The lowest BCUT2D eigenvalue weighted by molar-refractivity contribution is -0.140. The second-order valence-electron chi connectivity index (χ2n) is 12.3. The van der Waals surface area contributed by atoms with Crippen molar-refractivity contribution >= 4 is 11.8 Å². The summed E-state index contributed by atoms with van der Waals surface area (Å²) in [5.41, 5.74) is 0.873. The van der Waals surface area contributed by atoms with Crippen LogP contribution in [0, 0.1) is 22.7 Å². The van der Waals surface area contributed by atoms with Crippen molar-refractivity contribution in [1.82, 2.24) is 9.80 Å². The standard InChI is InChI=1S/2C16H18N2O3/c2*1-16(2)15(20)14(18-7-3-4-13(18)19)11-8-10(9-17)5-6-12(11)21-16/h2*5-6,8,14-15,20H,3-4,7H2,1-2H3/t2*14-,15+/m10/s1. The quantitative estimate of drug-likeness (QED) is 0.556. The highest BCUT2D eigenvalue weighted by molar-refractivity contribution is 5.79. The molecule has 2 fully saturated rings. The molecule has 2 aromatic rings. The number of carbonyl (C=O) groups excluding carboxylic acids is 2. The number of ether oxygens (including phenoxy) is 2. The number of amides is 2. The van der Waals surface area contributed by atoms with E-state index < -0.39 is 35.5 Å². The molecule has 6 rings (SSSR count). The summed E-state index contributed by atoms with van der Waals surface area (Å²) in [5, 5.41) is 39.5. The van der Waals surface area contributed by atoms with E-state index in [1.165, 1.54) is 0 Å². The van der Waals surface area contributed by atoms with Gasteiger partial charge in [-0.1, -0.05) is 0 Å². The minimum absolute atomic E-state index is 0.0464. The van der Waals surface area contributed by atoms with E-state index in [4.69, 9.17) is 20.0 Å². The van der Waals surface area contributed by atoms with Gasteiger partial charge >= 0.3 is 0 Å². The summed E-state index contributed by atoms with van der Waals surface area (Å²) < 4.78 is 11.7. The topological polar surface area (TPSA) is 147 Å². The van der Waals surface area contributed by atoms with Crippen LogP contribution in [0.1, 0.15) is 87.7 Å². The molecule has 0 aromatic heterocycles. The minimum Gasteiger partial charge on any atom is -0.485 e. The third-order valence-corrected chi connectivity index (χ3v) is 8.58. The van der Waals surface area contributed by atoms with Gasteiger partial charge in [-0.15, -0.1) is 0 Å². The van der Waals surface area contributed by atoms with Gasteiger partial charge in [0.1, 0.15) is 34.9 Å². The molecule has 0 bridgehead atoms. The van der Waals surface area contributed by atoms with E-state index in [1.807, 2.05) is 27.7 Å². The molecule has 42 heavy (non-hydrogen) atoms. The maximum atomic E-state index is 12.1. The molecular weight excluding hydrogens is 536 g/mol. The molecule has 0 saturated carbocycles. The monoisotopic (exact) mass is 572 g/mol. The van der Waals surface area contributed by atoms with Crippen molar-refractivity contribution < 1.29 is 29.3 Å². The molecule has 2 amide bonds. The first kappa shape index (κ1) is 29.4. The number of likely N-dealkylation sites (tertiary alicyclic amines) is 2. The lowest BCUT2D eigenvalue weighted by atomic mass is 9.85. The van der Waals surface area contributed by atoms with Crippen molar-refractivity contribution in [3.8, 4) is 23.6 Å². The highest BCUT2D eigenvalue weighted by Crippen LogP contribution is 2.45. The number of aliphatic hydroxyl groups is 2. The molecule has 4 atom stereocenters. The first-order valence-corrected chi connectivity index (χ1v) is 14.3. The summed E-state index contributed by atoms with van der Waals surface area (Å²) in [5.74, 6) is 1.36. The Kier molecular flexibility index (Phi) is 7.65. The highest BCUT2D eigenvalue weighted by atomic mass is 16.5. The number of hydrogen-bond acceptors (Lipinski definition) is 8. The summed E-state index contributed by atoms with van der Waals surface area (Å²) in [6.07, 6.45) is 0.963. The van der Waals surface area contributed by atoms with Crippen molar-refractivity contribution in [2.24, 2.45) is 0 Å². The van der Waals surface area contributed by atoms with Crippen molar-refractivity contribution in [3.63, 3.8) is 0 Å². The Bertz CT molecular complexity index is 1380. The van der Waals surface area contributed by atoms with Gasteiger partial charge in [0.05, 0.1) is 35.3 Å². The predicted molar refractivity (Wildman–Crippen MR) is 151 cm³/mol. The first-order valence-electron chi connectivity index (χ1n) is 14.3. The normalized spacial score (nSPS) is 27.0. The number of fused-ring (bicyclic) bond motifs is 2. The molecular formula is C32H36N4O6. The zero-order chi connectivity index (χ0) is 30.4. The average molecular weight is 573 g/mol. The van der Waals surface area contributed by atoms with Gasteiger partial charge in [-0.25, -0.2) is 0 Å². The number of carbonyl (C=O) groups is 2. The van der Waals surface area contributed by atoms with E-state index in [0.717, 1.165) is 24.0 Å². The Labute approximate surface area is 245 Å². The fourth-order valence-electron chi connectivity index (χ4n) is 6.28. The molecule has 4 heterocycles. The van der Waals surface area contributed by atoms with E-state index in [-0.39, 0.29) is 11.8 Å². The van der Waals surface area contributed by atoms with Gasteiger partial charge in [-0.2, -0.15) is 10.5 Å². The lowest BCUT2D eigenvalue weighted by Crippen LogP contribution is -2.53. The zero-order valence-corrected chi connectivity index (χ0v) is 24.3. The second-order valence-corrected chi connectivity index (χ2v) is 12.3. The predicted octanol–water partition coefficient (Wildman–Crippen LogP) is 3.51. The Hall–Kier alpha value is -4.12. The Morgan fingerprint density at radius 2 is 1.12 bits per heavy atom. The largest absolute Gasteiger partial charge is 0.485 e. The third kappa shape index (κ3) is 5.17. The molecule has 2 aromatic carbocycles. The van der Waals surface area contributed by atoms with Gasteiger partial charge in [0.2, 0.25) is 11.8 Å². The van der Waals surface area contributed by atoms with E-state index in [9.17, 15) is 19.8 Å². The summed E-state index contributed by atoms with van der Waals surface area (Å²) in [6.45, 7) is 8.51. The number of nitriles is 2. The fourth-order valence-corrected chi connectivity index (χ4v) is 6.28. The molecule has 0 unspecified atom stereocenters. The Morgan fingerprint density at radius 1 is 0.738 bits per heavy atom. The first-order chi connectivity index (χ1) is 19.9. The molecule has 2 N–H and O–H groups in total. The van der Waals surface area contributed by atoms with Gasteiger partial charge in [0.15, 0.2) is 0 Å². The summed E-state index contributed by atoms with van der Waals surface area (Å²) in [4.78, 5) is 27.6. The summed E-state index contributed by atoms with van der Waals surface area (Å²) >= 11 is 0. The van der Waals surface area contributed by atoms with Gasteiger partial charge in [0.25, 0.3) is 0 Å². The van der Waals surface area contributed by atoms with E-state index in [1.54, 1.807) is 46.2 Å². The van der Waals surface area contributed by atoms with E-state index >= 15 is 0 Å². The zero-order valence-electron chi connectivity index (χ0n) is 24.3. The highest BCUT2D eigenvalue weighted by Gasteiger charge is 2.48. The number of aliphatic hydroxyl groups excluding tert-OH is 2. The van der Waals surface area contributed by atoms with Crippen LogP contribution < -0.4 is 9.47 Å². The lowest BCUT2D eigenvalue weighted by Gasteiger charge is -2.45. The maximum absolute atomic E-state index is 12.1. The van der Waals surface area contributed by atoms with Gasteiger partial charge < -0.3 is 29.5 Å². The smallest absolute Gasteiger partial charge is 0.223 e. The molecule has 4 aliphatic rings. The average Bonchev–Trinajstić information content (AvgIpc) is 3.57. The van der Waals surface area contributed by atoms with Crippen LogP contribution in [0.15, 0.2) is 36.4 Å². The van der Waals surface area contributed by atoms with Gasteiger partial charge in [0, 0.05) is 37.1 Å². The Balaban J connectivity index is 0.000000168. The molecule has 10 nitrogen and oxygen atoms in total. The van der Waals surface area contributed by atoms with Crippen LogP contribution in [0.25, 0.3) is 0 Å². The second kappa shape index (κ2) is 10.9. The van der Waals surface area contributed by atoms with Crippen LogP contribution in [0.3, 0.4) is 0 Å². The Morgan fingerprint density at radius 3 is 1.43 bits per heavy atom. The summed E-state index contributed by atoms with van der Waals surface area (Å²) in [7, 11) is 0. The summed E-state index contributed by atoms with van der Waals surface area (Å²) in [6, 6.07) is 13.6. The minimum atomic E-state index is -0.832. The number of rotatable bonds is 2. The molecule has 2 saturated heterocycles. The van der Waals surface area contributed by atoms with Crippen molar-refractivity contribution in [1.29, 1.82) is 10.5 Å². The third-order valence-electron chi connectivity index (χ3n) is 8.58. The fraction of sp³-hybridized carbons (Fsp3) is 0.500. The molecule has 0 spiro atoms. The molecule has 0 aliphatic carbocycles. The molecule has 10 heteroatoms. The van der Waals surface area contributed by atoms with Gasteiger partial charge in [-0.05, 0) is 76.9 Å². The van der Waals surface area contributed by atoms with Crippen LogP contribution in [-0.4, -0.2) is 68.3 Å². The van der Waals surface area contributed by atoms with Crippen LogP contribution in [0.4, 0.5) is 0 Å². The molecule has 220 valence electrons. The van der Waals surface area contributed by atoms with Crippen LogP contribution in [0.2, 0.25) is 0 Å². The van der Waals surface area contributed by atoms with E-state index in [2.05, 4.69) is 12.1 Å². The number of benzene rings is 2. The number of hydrogen-bond donors (Lipinski definition) is 2. The maximum Gasteiger partial charge on any atom is 0.223 e. The molecule has 0 radical (unpaired) electrons. The van der Waals surface area contributed by atoms with E-state index in [0.29, 0.717) is 48.6 Å². The van der Waals surface area contributed by atoms with Crippen LogP contribution in [-0.2, 0) is 9.59 Å². The molecule has 4 aliphatic heterocycles. The van der Waals surface area contributed by atoms with Gasteiger partial charge in [-0.3, -0.25) is 9.59 Å². The van der Waals surface area contributed by atoms with Crippen molar-refractivity contribution in [2.45, 2.75) is 88.9 Å². The SMILES string of the molecule is CC1(C)Oc2ccc(C#N)cc2[C@@H](N2CCCC2=O)[C@@H]1O.CC1(C)Oc2ccc(C#N)cc2[C@H](N2CCCC2=O)[C@H]1O. The van der Waals surface area contributed by atoms with Crippen LogP contribution in [0.5, 0.6) is 11.5 Å². The van der Waals surface area contributed by atoms with Crippen molar-refractivity contribution in [2.75, 3.05) is 13.1 Å².